The molecule has 7 heteroatoms. The molecule has 2 rings (SSSR count). The second-order valence-corrected chi connectivity index (χ2v) is 4.77. The number of aryl methyl sites for hydroxylation is 2. The number of esters is 1. The highest BCUT2D eigenvalue weighted by molar-refractivity contribution is 5.96. The molecule has 1 aromatic heterocycles. The van der Waals surface area contributed by atoms with Gasteiger partial charge in [-0.25, -0.2) is 9.18 Å². The van der Waals surface area contributed by atoms with Crippen LogP contribution in [0.3, 0.4) is 0 Å². The second kappa shape index (κ2) is 6.38. The Balaban J connectivity index is 1.96. The van der Waals surface area contributed by atoms with Gasteiger partial charge in [-0.3, -0.25) is 9.48 Å². The maximum absolute atomic E-state index is 13.4. The predicted octanol–water partition coefficient (Wildman–Crippen LogP) is 1.97. The third-order valence-electron chi connectivity index (χ3n) is 3.20. The van der Waals surface area contributed by atoms with E-state index in [1.807, 2.05) is 0 Å². The first-order valence-electron chi connectivity index (χ1n) is 6.62. The van der Waals surface area contributed by atoms with E-state index in [2.05, 4.69) is 10.4 Å². The topological polar surface area (TPSA) is 73.2 Å². The van der Waals surface area contributed by atoms with Crippen LogP contribution in [0.4, 0.5) is 10.1 Å². The summed E-state index contributed by atoms with van der Waals surface area (Å²) in [7, 11) is 1.76. The summed E-state index contributed by atoms with van der Waals surface area (Å²) in [6, 6.07) is 5.43. The lowest BCUT2D eigenvalue weighted by molar-refractivity contribution is -0.119. The van der Waals surface area contributed by atoms with Gasteiger partial charge < -0.3 is 10.1 Å². The van der Waals surface area contributed by atoms with Crippen LogP contribution in [0.2, 0.25) is 0 Å². The van der Waals surface area contributed by atoms with E-state index in [0.717, 1.165) is 11.8 Å². The first-order chi connectivity index (χ1) is 10.4. The Labute approximate surface area is 126 Å². The minimum Gasteiger partial charge on any atom is -0.452 e. The van der Waals surface area contributed by atoms with Crippen LogP contribution in [0, 0.1) is 19.7 Å². The molecule has 1 aromatic carbocycles. The van der Waals surface area contributed by atoms with Gasteiger partial charge in [-0.15, -0.1) is 0 Å². The Morgan fingerprint density at radius 2 is 2.00 bits per heavy atom. The molecule has 0 aliphatic carbocycles. The fourth-order valence-corrected chi connectivity index (χ4v) is 1.97. The van der Waals surface area contributed by atoms with E-state index in [1.54, 1.807) is 25.6 Å². The maximum Gasteiger partial charge on any atom is 0.341 e. The number of hydrogen-bond donors (Lipinski definition) is 1. The van der Waals surface area contributed by atoms with E-state index < -0.39 is 24.3 Å². The first-order valence-corrected chi connectivity index (χ1v) is 6.62. The number of benzene rings is 1. The molecule has 0 aliphatic rings. The van der Waals surface area contributed by atoms with Crippen LogP contribution in [0.5, 0.6) is 0 Å². The van der Waals surface area contributed by atoms with Crippen molar-refractivity contribution in [3.05, 3.63) is 47.0 Å². The number of rotatable bonds is 4. The molecule has 0 radical (unpaired) electrons. The van der Waals surface area contributed by atoms with Gasteiger partial charge in [-0.1, -0.05) is 12.1 Å². The average molecular weight is 305 g/mol. The molecule has 22 heavy (non-hydrogen) atoms. The van der Waals surface area contributed by atoms with E-state index in [9.17, 15) is 14.0 Å². The Bertz CT molecular complexity index is 725. The monoisotopic (exact) mass is 305 g/mol. The quantitative estimate of drug-likeness (QED) is 0.877. The van der Waals surface area contributed by atoms with Crippen molar-refractivity contribution in [2.45, 2.75) is 13.8 Å². The second-order valence-electron chi connectivity index (χ2n) is 4.77. The van der Waals surface area contributed by atoms with Gasteiger partial charge in [0.2, 0.25) is 0 Å². The predicted molar refractivity (Wildman–Crippen MR) is 78.0 cm³/mol. The molecule has 0 unspecified atom stereocenters. The fraction of sp³-hybridized carbons (Fsp3) is 0.267. The largest absolute Gasteiger partial charge is 0.452 e. The summed E-state index contributed by atoms with van der Waals surface area (Å²) in [5.41, 5.74) is 1.82. The number of nitrogens with zero attached hydrogens (tertiary/aromatic N) is 2. The molecule has 0 spiro atoms. The number of aromatic nitrogens is 2. The summed E-state index contributed by atoms with van der Waals surface area (Å²) in [5, 5.41) is 6.79. The summed E-state index contributed by atoms with van der Waals surface area (Å²) in [6.07, 6.45) is 0. The summed E-state index contributed by atoms with van der Waals surface area (Å²) in [6.45, 7) is 3.07. The van der Waals surface area contributed by atoms with Crippen molar-refractivity contribution in [2.75, 3.05) is 11.9 Å². The first kappa shape index (κ1) is 15.7. The van der Waals surface area contributed by atoms with Crippen molar-refractivity contribution < 1.29 is 18.7 Å². The zero-order valence-corrected chi connectivity index (χ0v) is 12.5. The number of nitrogens with one attached hydrogen (secondary N) is 1. The average Bonchev–Trinajstić information content (AvgIpc) is 2.72. The van der Waals surface area contributed by atoms with Gasteiger partial charge in [-0.2, -0.15) is 5.10 Å². The zero-order valence-electron chi connectivity index (χ0n) is 12.5. The Morgan fingerprint density at radius 1 is 1.32 bits per heavy atom. The minimum atomic E-state index is -0.882. The number of anilines is 1. The molecular formula is C15H16FN3O3. The smallest absolute Gasteiger partial charge is 0.341 e. The molecule has 116 valence electrons. The standard InChI is InChI=1S/C15H16FN3O3/c1-9-14(10(2)19(3)18-9)17-13(20)8-22-15(21)11-6-4-5-7-12(11)16/h4-7H,8H2,1-3H3,(H,17,20). The lowest BCUT2D eigenvalue weighted by Gasteiger charge is -2.07. The van der Waals surface area contributed by atoms with Gasteiger partial charge in [0.15, 0.2) is 6.61 Å². The molecule has 0 aliphatic heterocycles. The van der Waals surface area contributed by atoms with Crippen molar-refractivity contribution >= 4 is 17.6 Å². The number of halogens is 1. The third kappa shape index (κ3) is 3.30. The van der Waals surface area contributed by atoms with E-state index >= 15 is 0 Å². The van der Waals surface area contributed by atoms with E-state index in [-0.39, 0.29) is 5.56 Å². The fourth-order valence-electron chi connectivity index (χ4n) is 1.97. The van der Waals surface area contributed by atoms with Crippen molar-refractivity contribution in [3.63, 3.8) is 0 Å². The molecule has 1 N–H and O–H groups in total. The van der Waals surface area contributed by atoms with E-state index in [0.29, 0.717) is 11.4 Å². The summed E-state index contributed by atoms with van der Waals surface area (Å²) in [5.74, 6) is -2.08. The maximum atomic E-state index is 13.4. The number of carbonyl (C=O) groups excluding carboxylic acids is 2. The van der Waals surface area contributed by atoms with Gasteiger partial charge >= 0.3 is 5.97 Å². The third-order valence-corrected chi connectivity index (χ3v) is 3.20. The van der Waals surface area contributed by atoms with E-state index in [4.69, 9.17) is 4.74 Å². The van der Waals surface area contributed by atoms with Crippen molar-refractivity contribution in [1.29, 1.82) is 0 Å². The molecule has 2 aromatic rings. The number of amides is 1. The SMILES string of the molecule is Cc1nn(C)c(C)c1NC(=O)COC(=O)c1ccccc1F. The van der Waals surface area contributed by atoms with Crippen LogP contribution in [0.15, 0.2) is 24.3 Å². The van der Waals surface area contributed by atoms with Gasteiger partial charge in [-0.05, 0) is 26.0 Å². The number of ether oxygens (including phenoxy) is 1. The normalized spacial score (nSPS) is 10.4. The molecule has 1 heterocycles. The molecule has 0 fully saturated rings. The molecular weight excluding hydrogens is 289 g/mol. The lowest BCUT2D eigenvalue weighted by Crippen LogP contribution is -2.22. The Kier molecular flexibility index (Phi) is 4.55. The van der Waals surface area contributed by atoms with Crippen molar-refractivity contribution in [1.82, 2.24) is 9.78 Å². The zero-order chi connectivity index (χ0) is 16.3. The molecule has 0 bridgehead atoms. The highest BCUT2D eigenvalue weighted by Crippen LogP contribution is 2.18. The summed E-state index contributed by atoms with van der Waals surface area (Å²) in [4.78, 5) is 23.5. The summed E-state index contributed by atoms with van der Waals surface area (Å²) >= 11 is 0. The highest BCUT2D eigenvalue weighted by Gasteiger charge is 2.16. The van der Waals surface area contributed by atoms with E-state index in [1.165, 1.54) is 18.2 Å². The molecule has 0 saturated carbocycles. The molecule has 1 amide bonds. The van der Waals surface area contributed by atoms with Gasteiger partial charge in [0, 0.05) is 7.05 Å². The van der Waals surface area contributed by atoms with Crippen LogP contribution < -0.4 is 5.32 Å². The number of carbonyl (C=O) groups is 2. The minimum absolute atomic E-state index is 0.205. The van der Waals surface area contributed by atoms with Gasteiger partial charge in [0.1, 0.15) is 5.82 Å². The molecule has 6 nitrogen and oxygen atoms in total. The summed E-state index contributed by atoms with van der Waals surface area (Å²) < 4.78 is 19.9. The van der Waals surface area contributed by atoms with Crippen LogP contribution in [-0.4, -0.2) is 28.3 Å². The van der Waals surface area contributed by atoms with Crippen LogP contribution in [-0.2, 0) is 16.6 Å². The highest BCUT2D eigenvalue weighted by atomic mass is 19.1. The molecule has 0 atom stereocenters. The van der Waals surface area contributed by atoms with Crippen molar-refractivity contribution in [3.8, 4) is 0 Å². The Hall–Kier alpha value is -2.70. The van der Waals surface area contributed by atoms with Crippen molar-refractivity contribution in [2.24, 2.45) is 7.05 Å². The van der Waals surface area contributed by atoms with Crippen LogP contribution in [0.1, 0.15) is 21.7 Å². The Morgan fingerprint density at radius 3 is 2.59 bits per heavy atom. The van der Waals surface area contributed by atoms with Crippen LogP contribution in [0.25, 0.3) is 0 Å². The van der Waals surface area contributed by atoms with Crippen LogP contribution >= 0.6 is 0 Å². The lowest BCUT2D eigenvalue weighted by atomic mass is 10.2. The van der Waals surface area contributed by atoms with Gasteiger partial charge in [0.25, 0.3) is 5.91 Å². The van der Waals surface area contributed by atoms with Gasteiger partial charge in [0.05, 0.1) is 22.6 Å². The number of hydrogen-bond acceptors (Lipinski definition) is 4. The molecule has 0 saturated heterocycles.